The van der Waals surface area contributed by atoms with Gasteiger partial charge in [-0.05, 0) is 41.5 Å². The van der Waals surface area contributed by atoms with Crippen LogP contribution in [0, 0.1) is 0 Å². The summed E-state index contributed by atoms with van der Waals surface area (Å²) in [6.07, 6.45) is 1.80. The van der Waals surface area contributed by atoms with Crippen molar-refractivity contribution in [3.63, 3.8) is 0 Å². The van der Waals surface area contributed by atoms with Gasteiger partial charge in [0.2, 0.25) is 0 Å². The van der Waals surface area contributed by atoms with Crippen molar-refractivity contribution in [1.82, 2.24) is 4.98 Å². The zero-order chi connectivity index (χ0) is 14.1. The number of benzene rings is 2. The second-order valence-electron chi connectivity index (χ2n) is 4.64. The van der Waals surface area contributed by atoms with E-state index in [1.807, 2.05) is 30.3 Å². The first-order valence-corrected chi connectivity index (χ1v) is 7.78. The van der Waals surface area contributed by atoms with E-state index in [9.17, 15) is 0 Å². The molecule has 20 heavy (non-hydrogen) atoms. The van der Waals surface area contributed by atoms with E-state index in [2.05, 4.69) is 55.0 Å². The van der Waals surface area contributed by atoms with Crippen LogP contribution < -0.4 is 5.73 Å². The van der Waals surface area contributed by atoms with Gasteiger partial charge in [0.15, 0.2) is 0 Å². The molecule has 3 aromatic rings. The Morgan fingerprint density at radius 1 is 0.900 bits per heavy atom. The molecule has 0 amide bonds. The van der Waals surface area contributed by atoms with E-state index < -0.39 is 0 Å². The summed E-state index contributed by atoms with van der Waals surface area (Å²) in [6.45, 7) is 0. The average Bonchev–Trinajstić information content (AvgIpc) is 2.45. The Labute approximate surface area is 134 Å². The summed E-state index contributed by atoms with van der Waals surface area (Å²) in [5, 5.41) is 1.12. The normalized spacial score (nSPS) is 12.6. The molecule has 1 heterocycles. The molecule has 100 valence electrons. The molecule has 0 spiro atoms. The third-order valence-corrected chi connectivity index (χ3v) is 4.15. The summed E-state index contributed by atoms with van der Waals surface area (Å²) < 4.78 is 2.02. The summed E-state index contributed by atoms with van der Waals surface area (Å²) in [4.78, 5) is 4.38. The zero-order valence-corrected chi connectivity index (χ0v) is 13.7. The molecule has 1 aromatic heterocycles. The molecule has 0 saturated carbocycles. The lowest BCUT2D eigenvalue weighted by Gasteiger charge is -2.14. The first-order valence-electron chi connectivity index (χ1n) is 6.20. The summed E-state index contributed by atoms with van der Waals surface area (Å²) in [5.74, 6) is 0. The van der Waals surface area contributed by atoms with Crippen molar-refractivity contribution in [2.24, 2.45) is 5.73 Å². The fraction of sp³-hybridized carbons (Fsp3) is 0.0625. The molecule has 1 unspecified atom stereocenters. The van der Waals surface area contributed by atoms with Gasteiger partial charge in [-0.1, -0.05) is 50.1 Å². The monoisotopic (exact) mass is 390 g/mol. The Kier molecular flexibility index (Phi) is 3.87. The quantitative estimate of drug-likeness (QED) is 0.680. The van der Waals surface area contributed by atoms with Crippen LogP contribution in [0.25, 0.3) is 10.9 Å². The van der Waals surface area contributed by atoms with Gasteiger partial charge in [0.1, 0.15) is 0 Å². The van der Waals surface area contributed by atoms with Gasteiger partial charge >= 0.3 is 0 Å². The van der Waals surface area contributed by atoms with Gasteiger partial charge in [-0.3, -0.25) is 4.98 Å². The number of nitrogens with zero attached hydrogens (tertiary/aromatic N) is 1. The molecule has 1 atom stereocenters. The lowest BCUT2D eigenvalue weighted by Crippen LogP contribution is -2.11. The van der Waals surface area contributed by atoms with Crippen LogP contribution in [0.2, 0.25) is 0 Å². The molecule has 2 nitrogen and oxygen atoms in total. The van der Waals surface area contributed by atoms with Crippen molar-refractivity contribution >= 4 is 42.8 Å². The van der Waals surface area contributed by atoms with Crippen molar-refractivity contribution in [1.29, 1.82) is 0 Å². The van der Waals surface area contributed by atoms with E-state index in [0.29, 0.717) is 0 Å². The van der Waals surface area contributed by atoms with Crippen LogP contribution in [-0.4, -0.2) is 4.98 Å². The Balaban J connectivity index is 2.05. The number of halogens is 2. The molecule has 0 aliphatic carbocycles. The van der Waals surface area contributed by atoms with Crippen molar-refractivity contribution in [2.45, 2.75) is 6.04 Å². The predicted octanol–water partition coefficient (Wildman–Crippen LogP) is 4.81. The van der Waals surface area contributed by atoms with E-state index in [1.54, 1.807) is 6.20 Å². The standard InChI is InChI=1S/C16H12Br2N2/c17-13-6-12(7-14(18)9-13)16(19)11-4-3-10-2-1-5-20-15(10)8-11/h1-9,16H,19H2. The second kappa shape index (κ2) is 5.64. The summed E-state index contributed by atoms with van der Waals surface area (Å²) in [6, 6.07) is 16.1. The summed E-state index contributed by atoms with van der Waals surface area (Å²) in [5.41, 5.74) is 9.46. The number of aromatic nitrogens is 1. The Bertz CT molecular complexity index is 751. The number of hydrogen-bond acceptors (Lipinski definition) is 2. The van der Waals surface area contributed by atoms with E-state index >= 15 is 0 Å². The average molecular weight is 392 g/mol. The molecule has 4 heteroatoms. The van der Waals surface area contributed by atoms with Gasteiger partial charge in [0.05, 0.1) is 11.6 Å². The maximum Gasteiger partial charge on any atom is 0.0705 e. The molecule has 0 saturated heterocycles. The first kappa shape index (κ1) is 13.7. The van der Waals surface area contributed by atoms with Crippen LogP contribution in [-0.2, 0) is 0 Å². The minimum Gasteiger partial charge on any atom is -0.320 e. The minimum atomic E-state index is -0.171. The molecule has 0 radical (unpaired) electrons. The van der Waals surface area contributed by atoms with Crippen LogP contribution in [0.1, 0.15) is 17.2 Å². The number of hydrogen-bond donors (Lipinski definition) is 1. The Hall–Kier alpha value is -1.23. The number of fused-ring (bicyclic) bond motifs is 1. The number of pyridine rings is 1. The summed E-state index contributed by atoms with van der Waals surface area (Å²) >= 11 is 6.99. The molecule has 2 aromatic carbocycles. The fourth-order valence-electron chi connectivity index (χ4n) is 2.22. The van der Waals surface area contributed by atoms with Gasteiger partial charge in [-0.25, -0.2) is 0 Å². The highest BCUT2D eigenvalue weighted by Crippen LogP contribution is 2.28. The topological polar surface area (TPSA) is 38.9 Å². The van der Waals surface area contributed by atoms with Gasteiger partial charge in [-0.15, -0.1) is 0 Å². The van der Waals surface area contributed by atoms with Crippen molar-refractivity contribution in [3.8, 4) is 0 Å². The van der Waals surface area contributed by atoms with Gasteiger partial charge in [0, 0.05) is 20.5 Å². The fourth-order valence-corrected chi connectivity index (χ4v) is 3.55. The Morgan fingerprint density at radius 2 is 1.65 bits per heavy atom. The smallest absolute Gasteiger partial charge is 0.0705 e. The third kappa shape index (κ3) is 2.77. The molecule has 2 N–H and O–H groups in total. The van der Waals surface area contributed by atoms with Gasteiger partial charge in [0.25, 0.3) is 0 Å². The molecular formula is C16H12Br2N2. The minimum absolute atomic E-state index is 0.171. The highest BCUT2D eigenvalue weighted by Gasteiger charge is 2.11. The van der Waals surface area contributed by atoms with E-state index in [0.717, 1.165) is 31.0 Å². The van der Waals surface area contributed by atoms with Gasteiger partial charge in [-0.2, -0.15) is 0 Å². The van der Waals surface area contributed by atoms with Crippen molar-refractivity contribution < 1.29 is 0 Å². The molecule has 0 aliphatic heterocycles. The second-order valence-corrected chi connectivity index (χ2v) is 6.47. The molecular weight excluding hydrogens is 380 g/mol. The van der Waals surface area contributed by atoms with Crippen molar-refractivity contribution in [2.75, 3.05) is 0 Å². The van der Waals surface area contributed by atoms with Gasteiger partial charge < -0.3 is 5.73 Å². The number of rotatable bonds is 2. The van der Waals surface area contributed by atoms with E-state index in [4.69, 9.17) is 5.73 Å². The lowest BCUT2D eigenvalue weighted by atomic mass is 9.98. The van der Waals surface area contributed by atoms with Crippen LogP contribution in [0.5, 0.6) is 0 Å². The highest BCUT2D eigenvalue weighted by molar-refractivity contribution is 9.11. The molecule has 0 bridgehead atoms. The van der Waals surface area contributed by atoms with Crippen molar-refractivity contribution in [3.05, 3.63) is 74.8 Å². The maximum absolute atomic E-state index is 6.38. The highest BCUT2D eigenvalue weighted by atomic mass is 79.9. The molecule has 3 rings (SSSR count). The summed E-state index contributed by atoms with van der Waals surface area (Å²) in [7, 11) is 0. The SMILES string of the molecule is NC(c1cc(Br)cc(Br)c1)c1ccc2cccnc2c1. The lowest BCUT2D eigenvalue weighted by molar-refractivity contribution is 0.871. The first-order chi connectivity index (χ1) is 9.63. The Morgan fingerprint density at radius 3 is 2.40 bits per heavy atom. The van der Waals surface area contributed by atoms with E-state index in [-0.39, 0.29) is 6.04 Å². The third-order valence-electron chi connectivity index (χ3n) is 3.23. The molecule has 0 aliphatic rings. The van der Waals surface area contributed by atoms with Crippen LogP contribution in [0.3, 0.4) is 0 Å². The van der Waals surface area contributed by atoms with Crippen LogP contribution >= 0.6 is 31.9 Å². The van der Waals surface area contributed by atoms with Crippen LogP contribution in [0.15, 0.2) is 63.7 Å². The maximum atomic E-state index is 6.38. The van der Waals surface area contributed by atoms with E-state index in [1.165, 1.54) is 0 Å². The largest absolute Gasteiger partial charge is 0.320 e. The molecule has 0 fully saturated rings. The van der Waals surface area contributed by atoms with Crippen LogP contribution in [0.4, 0.5) is 0 Å². The predicted molar refractivity (Wildman–Crippen MR) is 89.6 cm³/mol. The zero-order valence-electron chi connectivity index (χ0n) is 10.6. The number of nitrogens with two attached hydrogens (primary N) is 1.